The molecule has 0 aliphatic carbocycles. The van der Waals surface area contributed by atoms with E-state index >= 15 is 0 Å². The van der Waals surface area contributed by atoms with E-state index in [1.54, 1.807) is 31.2 Å². The number of carbonyl (C=O) groups is 2. The van der Waals surface area contributed by atoms with Crippen LogP contribution in [0.5, 0.6) is 5.75 Å². The summed E-state index contributed by atoms with van der Waals surface area (Å²) in [6.07, 6.45) is 0.956. The van der Waals surface area contributed by atoms with E-state index in [0.717, 1.165) is 6.42 Å². The van der Waals surface area contributed by atoms with Gasteiger partial charge >= 0.3 is 5.97 Å². The molecule has 0 bridgehead atoms. The van der Waals surface area contributed by atoms with Crippen molar-refractivity contribution in [3.63, 3.8) is 0 Å². The van der Waals surface area contributed by atoms with Crippen LogP contribution in [-0.2, 0) is 16.0 Å². The summed E-state index contributed by atoms with van der Waals surface area (Å²) in [4.78, 5) is 22.8. The van der Waals surface area contributed by atoms with Crippen LogP contribution in [0.25, 0.3) is 0 Å². The Morgan fingerprint density at radius 2 is 1.71 bits per heavy atom. The lowest BCUT2D eigenvalue weighted by atomic mass is 10.0. The van der Waals surface area contributed by atoms with Crippen molar-refractivity contribution >= 4 is 17.6 Å². The van der Waals surface area contributed by atoms with Crippen LogP contribution in [0, 0.1) is 0 Å². The predicted molar refractivity (Wildman–Crippen MR) is 92.4 cm³/mol. The van der Waals surface area contributed by atoms with Gasteiger partial charge in [-0.2, -0.15) is 0 Å². The Hall–Kier alpha value is -2.82. The lowest BCUT2D eigenvalue weighted by molar-refractivity contribution is -0.138. The lowest BCUT2D eigenvalue weighted by Gasteiger charge is -2.10. The Kier molecular flexibility index (Phi) is 5.95. The molecule has 0 radical (unpaired) electrons. The predicted octanol–water partition coefficient (Wildman–Crippen LogP) is 3.45. The second-order valence-electron chi connectivity index (χ2n) is 5.52. The molecule has 0 aromatic heterocycles. The van der Waals surface area contributed by atoms with Crippen molar-refractivity contribution in [2.24, 2.45) is 0 Å². The molecule has 126 valence electrons. The third-order valence-electron chi connectivity index (χ3n) is 3.77. The Morgan fingerprint density at radius 1 is 1.08 bits per heavy atom. The fraction of sp³-hybridized carbons (Fsp3) is 0.263. The number of ether oxygens (including phenoxy) is 1. The average Bonchev–Trinajstić information content (AvgIpc) is 2.60. The number of aliphatic carboxylic acids is 1. The number of carboxylic acids is 1. The van der Waals surface area contributed by atoms with Crippen molar-refractivity contribution < 1.29 is 19.4 Å². The molecule has 0 fully saturated rings. The summed E-state index contributed by atoms with van der Waals surface area (Å²) in [6.45, 7) is 3.61. The second-order valence-corrected chi connectivity index (χ2v) is 5.52. The van der Waals surface area contributed by atoms with Gasteiger partial charge in [0.25, 0.3) is 5.91 Å². The molecule has 0 spiro atoms. The quantitative estimate of drug-likeness (QED) is 0.816. The van der Waals surface area contributed by atoms with Gasteiger partial charge in [0.1, 0.15) is 5.75 Å². The SMILES string of the molecule is CCc1ccc(OCC(=O)Nc2ccc(C(C)C(=O)O)cc2)cc1. The van der Waals surface area contributed by atoms with Crippen LogP contribution >= 0.6 is 0 Å². The maximum atomic E-state index is 11.9. The molecule has 1 atom stereocenters. The van der Waals surface area contributed by atoms with E-state index in [0.29, 0.717) is 17.0 Å². The van der Waals surface area contributed by atoms with Crippen LogP contribution in [0.4, 0.5) is 5.69 Å². The highest BCUT2D eigenvalue weighted by atomic mass is 16.5. The molecular formula is C19H21NO4. The maximum Gasteiger partial charge on any atom is 0.310 e. The average molecular weight is 327 g/mol. The molecule has 1 amide bonds. The van der Waals surface area contributed by atoms with Gasteiger partial charge in [-0.1, -0.05) is 31.2 Å². The minimum absolute atomic E-state index is 0.0846. The zero-order chi connectivity index (χ0) is 17.5. The van der Waals surface area contributed by atoms with E-state index in [1.807, 2.05) is 24.3 Å². The number of hydrogen-bond acceptors (Lipinski definition) is 3. The maximum absolute atomic E-state index is 11.9. The van der Waals surface area contributed by atoms with E-state index in [-0.39, 0.29) is 12.5 Å². The largest absolute Gasteiger partial charge is 0.484 e. The number of nitrogens with one attached hydrogen (secondary N) is 1. The Balaban J connectivity index is 1.86. The van der Waals surface area contributed by atoms with E-state index in [1.165, 1.54) is 5.56 Å². The van der Waals surface area contributed by atoms with Gasteiger partial charge in [-0.05, 0) is 48.7 Å². The highest BCUT2D eigenvalue weighted by Crippen LogP contribution is 2.18. The van der Waals surface area contributed by atoms with Gasteiger partial charge in [0.15, 0.2) is 6.61 Å². The smallest absolute Gasteiger partial charge is 0.310 e. The molecule has 5 nitrogen and oxygen atoms in total. The first-order valence-corrected chi connectivity index (χ1v) is 7.84. The third kappa shape index (κ3) is 4.84. The molecule has 2 aromatic rings. The van der Waals surface area contributed by atoms with Gasteiger partial charge in [-0.3, -0.25) is 9.59 Å². The van der Waals surface area contributed by atoms with Gasteiger partial charge in [-0.15, -0.1) is 0 Å². The molecule has 0 aliphatic heterocycles. The molecular weight excluding hydrogens is 306 g/mol. The highest BCUT2D eigenvalue weighted by molar-refractivity contribution is 5.92. The van der Waals surface area contributed by atoms with Crippen molar-refractivity contribution in [2.45, 2.75) is 26.2 Å². The fourth-order valence-corrected chi connectivity index (χ4v) is 2.17. The zero-order valence-corrected chi connectivity index (χ0v) is 13.8. The van der Waals surface area contributed by atoms with Crippen molar-refractivity contribution in [2.75, 3.05) is 11.9 Å². The molecule has 1 unspecified atom stereocenters. The monoisotopic (exact) mass is 327 g/mol. The number of rotatable bonds is 7. The van der Waals surface area contributed by atoms with Crippen LogP contribution < -0.4 is 10.1 Å². The van der Waals surface area contributed by atoms with Crippen molar-refractivity contribution in [3.05, 3.63) is 59.7 Å². The van der Waals surface area contributed by atoms with Gasteiger partial charge in [0, 0.05) is 5.69 Å². The Labute approximate surface area is 141 Å². The first-order chi connectivity index (χ1) is 11.5. The number of amides is 1. The van der Waals surface area contributed by atoms with Gasteiger partial charge in [0.05, 0.1) is 5.92 Å². The van der Waals surface area contributed by atoms with E-state index in [4.69, 9.17) is 9.84 Å². The van der Waals surface area contributed by atoms with Crippen LogP contribution in [0.2, 0.25) is 0 Å². The highest BCUT2D eigenvalue weighted by Gasteiger charge is 2.13. The minimum atomic E-state index is -0.880. The van der Waals surface area contributed by atoms with Crippen molar-refractivity contribution in [1.82, 2.24) is 0 Å². The van der Waals surface area contributed by atoms with Crippen LogP contribution in [-0.4, -0.2) is 23.6 Å². The summed E-state index contributed by atoms with van der Waals surface area (Å²) in [5.41, 5.74) is 2.50. The molecule has 0 aliphatic rings. The van der Waals surface area contributed by atoms with E-state index < -0.39 is 11.9 Å². The van der Waals surface area contributed by atoms with Gasteiger partial charge in [0.2, 0.25) is 0 Å². The molecule has 5 heteroatoms. The standard InChI is InChI=1S/C19H21NO4/c1-3-14-4-10-17(11-5-14)24-12-18(21)20-16-8-6-15(7-9-16)13(2)19(22)23/h4-11,13H,3,12H2,1-2H3,(H,20,21)(H,22,23). The van der Waals surface area contributed by atoms with Crippen molar-refractivity contribution in [3.8, 4) is 5.75 Å². The number of carboxylic acid groups (broad SMARTS) is 1. The second kappa shape index (κ2) is 8.15. The lowest BCUT2D eigenvalue weighted by Crippen LogP contribution is -2.20. The number of anilines is 1. The summed E-state index contributed by atoms with van der Waals surface area (Å²) < 4.78 is 5.44. The number of hydrogen-bond donors (Lipinski definition) is 2. The summed E-state index contributed by atoms with van der Waals surface area (Å²) >= 11 is 0. The minimum Gasteiger partial charge on any atom is -0.484 e. The summed E-state index contributed by atoms with van der Waals surface area (Å²) in [7, 11) is 0. The van der Waals surface area contributed by atoms with E-state index in [9.17, 15) is 9.59 Å². The molecule has 0 saturated heterocycles. The third-order valence-corrected chi connectivity index (χ3v) is 3.77. The van der Waals surface area contributed by atoms with Crippen LogP contribution in [0.3, 0.4) is 0 Å². The Bertz CT molecular complexity index is 692. The van der Waals surface area contributed by atoms with Gasteiger partial charge in [-0.25, -0.2) is 0 Å². The van der Waals surface area contributed by atoms with Crippen molar-refractivity contribution in [1.29, 1.82) is 0 Å². The Morgan fingerprint density at radius 3 is 2.25 bits per heavy atom. The first-order valence-electron chi connectivity index (χ1n) is 7.84. The molecule has 2 aromatic carbocycles. The zero-order valence-electron chi connectivity index (χ0n) is 13.8. The molecule has 24 heavy (non-hydrogen) atoms. The summed E-state index contributed by atoms with van der Waals surface area (Å²) in [5, 5.41) is 11.7. The summed E-state index contributed by atoms with van der Waals surface area (Å²) in [6, 6.07) is 14.4. The summed E-state index contributed by atoms with van der Waals surface area (Å²) in [5.74, 6) is -1.08. The van der Waals surface area contributed by atoms with E-state index in [2.05, 4.69) is 12.2 Å². The first kappa shape index (κ1) is 17.5. The van der Waals surface area contributed by atoms with Crippen LogP contribution in [0.15, 0.2) is 48.5 Å². The molecule has 2 rings (SSSR count). The molecule has 0 saturated carbocycles. The topological polar surface area (TPSA) is 75.6 Å². The molecule has 2 N–H and O–H groups in total. The fourth-order valence-electron chi connectivity index (χ4n) is 2.17. The van der Waals surface area contributed by atoms with Crippen LogP contribution in [0.1, 0.15) is 30.9 Å². The number of benzene rings is 2. The molecule has 0 heterocycles. The normalized spacial score (nSPS) is 11.6. The number of carbonyl (C=O) groups excluding carboxylic acids is 1. The van der Waals surface area contributed by atoms with Gasteiger partial charge < -0.3 is 15.2 Å². The number of aryl methyl sites for hydroxylation is 1.